The number of aliphatic hydroxyl groups excluding tert-OH is 1. The van der Waals surface area contributed by atoms with Gasteiger partial charge in [0.05, 0.1) is 4.34 Å². The van der Waals surface area contributed by atoms with Crippen molar-refractivity contribution in [2.24, 2.45) is 0 Å². The van der Waals surface area contributed by atoms with E-state index in [-0.39, 0.29) is 5.82 Å². The molecule has 2 N–H and O–H groups in total. The normalized spacial score (nSPS) is 12.6. The van der Waals surface area contributed by atoms with Crippen LogP contribution in [0, 0.1) is 5.82 Å². The molecule has 0 bridgehead atoms. The molecule has 1 atom stereocenters. The molecule has 0 spiro atoms. The molecule has 1 aromatic heterocycles. The number of benzene rings is 1. The third-order valence-corrected chi connectivity index (χ3v) is 3.83. The van der Waals surface area contributed by atoms with Gasteiger partial charge in [-0.25, -0.2) is 4.39 Å². The Morgan fingerprint density at radius 3 is 2.56 bits per heavy atom. The Hall–Kier alpha value is -0.940. The van der Waals surface area contributed by atoms with E-state index in [1.54, 1.807) is 18.2 Å². The summed E-state index contributed by atoms with van der Waals surface area (Å²) in [5, 5.41) is 13.0. The van der Waals surface area contributed by atoms with Crippen molar-refractivity contribution in [3.8, 4) is 0 Å². The quantitative estimate of drug-likeness (QED) is 0.883. The number of rotatable bonds is 5. The molecule has 0 fully saturated rings. The Morgan fingerprint density at radius 2 is 1.94 bits per heavy atom. The molecule has 0 aliphatic carbocycles. The second kappa shape index (κ2) is 6.29. The van der Waals surface area contributed by atoms with Crippen LogP contribution in [0.3, 0.4) is 0 Å². The summed E-state index contributed by atoms with van der Waals surface area (Å²) >= 11 is 7.17. The average molecular weight is 286 g/mol. The minimum atomic E-state index is -0.567. The van der Waals surface area contributed by atoms with Crippen LogP contribution in [0.2, 0.25) is 4.34 Å². The first kappa shape index (κ1) is 13.5. The highest BCUT2D eigenvalue weighted by Gasteiger charge is 2.09. The lowest BCUT2D eigenvalue weighted by Crippen LogP contribution is -2.20. The van der Waals surface area contributed by atoms with E-state index in [9.17, 15) is 9.50 Å². The Morgan fingerprint density at radius 1 is 1.22 bits per heavy atom. The molecule has 0 saturated carbocycles. The van der Waals surface area contributed by atoms with E-state index >= 15 is 0 Å². The van der Waals surface area contributed by atoms with Gasteiger partial charge in [-0.3, -0.25) is 0 Å². The van der Waals surface area contributed by atoms with Crippen molar-refractivity contribution in [1.29, 1.82) is 0 Å². The predicted molar refractivity (Wildman–Crippen MR) is 72.4 cm³/mol. The Bertz CT molecular complexity index is 500. The predicted octanol–water partition coefficient (Wildman–Crippen LogP) is 3.36. The van der Waals surface area contributed by atoms with E-state index in [2.05, 4.69) is 5.32 Å². The fourth-order valence-corrected chi connectivity index (χ4v) is 2.61. The minimum absolute atomic E-state index is 0.244. The Labute approximate surface area is 114 Å². The summed E-state index contributed by atoms with van der Waals surface area (Å²) in [5.41, 5.74) is 0.979. The van der Waals surface area contributed by atoms with Gasteiger partial charge in [0.15, 0.2) is 0 Å². The first-order chi connectivity index (χ1) is 8.65. The maximum absolute atomic E-state index is 12.7. The van der Waals surface area contributed by atoms with Crippen LogP contribution < -0.4 is 5.32 Å². The molecular formula is C13H13ClFNOS. The van der Waals surface area contributed by atoms with E-state index in [0.29, 0.717) is 17.4 Å². The van der Waals surface area contributed by atoms with Gasteiger partial charge in [-0.1, -0.05) is 23.7 Å². The highest BCUT2D eigenvalue weighted by molar-refractivity contribution is 7.16. The average Bonchev–Trinajstić information content (AvgIpc) is 2.78. The number of nitrogens with one attached hydrogen (secondary N) is 1. The molecule has 0 amide bonds. The van der Waals surface area contributed by atoms with Crippen LogP contribution in [-0.2, 0) is 6.54 Å². The van der Waals surface area contributed by atoms with Crippen molar-refractivity contribution >= 4 is 22.9 Å². The summed E-state index contributed by atoms with van der Waals surface area (Å²) in [6.45, 7) is 1.03. The molecular weight excluding hydrogens is 273 g/mol. The summed E-state index contributed by atoms with van der Waals surface area (Å²) in [7, 11) is 0. The number of thiophene rings is 1. The Balaban J connectivity index is 1.80. The molecule has 5 heteroatoms. The number of halogens is 2. The summed E-state index contributed by atoms with van der Waals surface area (Å²) in [5.74, 6) is -0.244. The van der Waals surface area contributed by atoms with Gasteiger partial charge >= 0.3 is 0 Å². The van der Waals surface area contributed by atoms with Crippen LogP contribution in [0.25, 0.3) is 0 Å². The zero-order valence-electron chi connectivity index (χ0n) is 9.57. The van der Waals surface area contributed by atoms with Crippen molar-refractivity contribution in [2.45, 2.75) is 12.6 Å². The lowest BCUT2D eigenvalue weighted by atomic mass is 10.2. The molecule has 1 aromatic carbocycles. The molecule has 96 valence electrons. The SMILES string of the molecule is OC(CNCc1ccc(F)cc1)c1ccc(Cl)s1. The van der Waals surface area contributed by atoms with E-state index in [1.807, 2.05) is 6.07 Å². The van der Waals surface area contributed by atoms with E-state index in [4.69, 9.17) is 11.6 Å². The third kappa shape index (κ3) is 3.78. The van der Waals surface area contributed by atoms with Gasteiger partial charge in [0, 0.05) is 18.0 Å². The number of aliphatic hydroxyl groups is 1. The number of hydrogen-bond acceptors (Lipinski definition) is 3. The van der Waals surface area contributed by atoms with Gasteiger partial charge < -0.3 is 10.4 Å². The monoisotopic (exact) mass is 285 g/mol. The molecule has 2 aromatic rings. The zero-order chi connectivity index (χ0) is 13.0. The van der Waals surface area contributed by atoms with Gasteiger partial charge in [-0.2, -0.15) is 0 Å². The van der Waals surface area contributed by atoms with Gasteiger partial charge in [0.2, 0.25) is 0 Å². The van der Waals surface area contributed by atoms with Gasteiger partial charge in [-0.05, 0) is 29.8 Å². The molecule has 2 rings (SSSR count). The first-order valence-corrected chi connectivity index (χ1v) is 6.73. The summed E-state index contributed by atoms with van der Waals surface area (Å²) in [6.07, 6.45) is -0.567. The van der Waals surface area contributed by atoms with Crippen molar-refractivity contribution in [3.05, 3.63) is 57.0 Å². The molecule has 1 unspecified atom stereocenters. The maximum Gasteiger partial charge on any atom is 0.123 e. The topological polar surface area (TPSA) is 32.3 Å². The third-order valence-electron chi connectivity index (χ3n) is 2.50. The van der Waals surface area contributed by atoms with Crippen LogP contribution in [0.4, 0.5) is 4.39 Å². The van der Waals surface area contributed by atoms with Crippen LogP contribution >= 0.6 is 22.9 Å². The summed E-state index contributed by atoms with van der Waals surface area (Å²) < 4.78 is 13.4. The van der Waals surface area contributed by atoms with E-state index < -0.39 is 6.10 Å². The molecule has 2 nitrogen and oxygen atoms in total. The van der Waals surface area contributed by atoms with E-state index in [1.165, 1.54) is 23.5 Å². The fraction of sp³-hybridized carbons (Fsp3) is 0.231. The molecule has 0 aliphatic rings. The lowest BCUT2D eigenvalue weighted by molar-refractivity contribution is 0.178. The van der Waals surface area contributed by atoms with E-state index in [0.717, 1.165) is 10.4 Å². The molecule has 0 saturated heterocycles. The van der Waals surface area contributed by atoms with Crippen molar-refractivity contribution < 1.29 is 9.50 Å². The second-order valence-electron chi connectivity index (χ2n) is 3.92. The molecule has 18 heavy (non-hydrogen) atoms. The van der Waals surface area contributed by atoms with Crippen LogP contribution in [0.15, 0.2) is 36.4 Å². The van der Waals surface area contributed by atoms with Gasteiger partial charge in [-0.15, -0.1) is 11.3 Å². The lowest BCUT2D eigenvalue weighted by Gasteiger charge is -2.10. The summed E-state index contributed by atoms with van der Waals surface area (Å²) in [4.78, 5) is 0.839. The Kier molecular flexibility index (Phi) is 4.72. The van der Waals surface area contributed by atoms with Crippen molar-refractivity contribution in [2.75, 3.05) is 6.54 Å². The van der Waals surface area contributed by atoms with Gasteiger partial charge in [0.25, 0.3) is 0 Å². The molecule has 0 aliphatic heterocycles. The first-order valence-electron chi connectivity index (χ1n) is 5.53. The highest BCUT2D eigenvalue weighted by Crippen LogP contribution is 2.26. The van der Waals surface area contributed by atoms with Crippen molar-refractivity contribution in [3.63, 3.8) is 0 Å². The highest BCUT2D eigenvalue weighted by atomic mass is 35.5. The minimum Gasteiger partial charge on any atom is -0.386 e. The number of hydrogen-bond donors (Lipinski definition) is 2. The standard InChI is InChI=1S/C13H13ClFNOS/c14-13-6-5-12(18-13)11(17)8-16-7-9-1-3-10(15)4-2-9/h1-6,11,16-17H,7-8H2. The maximum atomic E-state index is 12.7. The molecule has 1 heterocycles. The van der Waals surface area contributed by atoms with Crippen LogP contribution in [-0.4, -0.2) is 11.7 Å². The zero-order valence-corrected chi connectivity index (χ0v) is 11.1. The largest absolute Gasteiger partial charge is 0.386 e. The molecule has 0 radical (unpaired) electrons. The smallest absolute Gasteiger partial charge is 0.123 e. The van der Waals surface area contributed by atoms with Crippen molar-refractivity contribution in [1.82, 2.24) is 5.32 Å². The van der Waals surface area contributed by atoms with Gasteiger partial charge in [0.1, 0.15) is 11.9 Å². The van der Waals surface area contributed by atoms with Crippen LogP contribution in [0.1, 0.15) is 16.5 Å². The fourth-order valence-electron chi connectivity index (χ4n) is 1.56. The summed E-state index contributed by atoms with van der Waals surface area (Å²) in [6, 6.07) is 9.87. The second-order valence-corrected chi connectivity index (χ2v) is 5.66. The van der Waals surface area contributed by atoms with Crippen LogP contribution in [0.5, 0.6) is 0 Å².